The maximum Gasteiger partial charge on any atom is 0.234 e. The lowest BCUT2D eigenvalue weighted by atomic mass is 9.98. The highest BCUT2D eigenvalue weighted by atomic mass is 16.5. The Morgan fingerprint density at radius 1 is 1.36 bits per heavy atom. The molecule has 1 aromatic rings. The normalized spacial score (nSPS) is 18.8. The second-order valence-corrected chi connectivity index (χ2v) is 7.18. The first-order valence-corrected chi connectivity index (χ1v) is 9.63. The van der Waals surface area contributed by atoms with E-state index in [4.69, 9.17) is 4.74 Å². The van der Waals surface area contributed by atoms with E-state index < -0.39 is 0 Å². The van der Waals surface area contributed by atoms with E-state index in [0.29, 0.717) is 19.2 Å². The number of carbonyl (C=O) groups is 1. The van der Waals surface area contributed by atoms with Crippen LogP contribution in [0.25, 0.3) is 0 Å². The molecule has 0 unspecified atom stereocenters. The zero-order valence-electron chi connectivity index (χ0n) is 15.3. The van der Waals surface area contributed by atoms with Crippen LogP contribution < -0.4 is 5.32 Å². The van der Waals surface area contributed by atoms with Crippen molar-refractivity contribution in [3.63, 3.8) is 0 Å². The van der Waals surface area contributed by atoms with Crippen LogP contribution in [0.4, 0.5) is 0 Å². The van der Waals surface area contributed by atoms with Crippen LogP contribution in [0.2, 0.25) is 0 Å². The molecule has 1 aliphatic carbocycles. The summed E-state index contributed by atoms with van der Waals surface area (Å²) in [5.74, 6) is 0.884. The van der Waals surface area contributed by atoms with Gasteiger partial charge in [-0.3, -0.25) is 9.69 Å². The topological polar surface area (TPSA) is 67.4 Å². The standard InChI is InChI=1S/C19H30N4O2/c1-15-21-12-16-8-10-23(13-18(16)22-15)14-19(24)20-9-5-11-25-17-6-3-2-4-7-17/h12,17H,2-11,13-14H2,1H3,(H,20,24). The molecular weight excluding hydrogens is 316 g/mol. The quantitative estimate of drug-likeness (QED) is 0.765. The van der Waals surface area contributed by atoms with E-state index in [-0.39, 0.29) is 5.91 Å². The van der Waals surface area contributed by atoms with Gasteiger partial charge in [0, 0.05) is 32.4 Å². The zero-order chi connectivity index (χ0) is 17.5. The van der Waals surface area contributed by atoms with E-state index in [1.807, 2.05) is 13.1 Å². The molecule has 2 heterocycles. The molecule has 3 rings (SSSR count). The molecule has 0 bridgehead atoms. The fourth-order valence-electron chi connectivity index (χ4n) is 3.63. The Morgan fingerprint density at radius 2 is 2.20 bits per heavy atom. The number of nitrogens with one attached hydrogen (secondary N) is 1. The van der Waals surface area contributed by atoms with Crippen LogP contribution in [0, 0.1) is 6.92 Å². The monoisotopic (exact) mass is 346 g/mol. The van der Waals surface area contributed by atoms with Crippen LogP contribution in [0.15, 0.2) is 6.20 Å². The van der Waals surface area contributed by atoms with Crippen molar-refractivity contribution in [3.8, 4) is 0 Å². The number of ether oxygens (including phenoxy) is 1. The minimum atomic E-state index is 0.0897. The van der Waals surface area contributed by atoms with Crippen molar-refractivity contribution in [2.75, 3.05) is 26.2 Å². The molecule has 0 aromatic carbocycles. The maximum absolute atomic E-state index is 12.1. The van der Waals surface area contributed by atoms with Gasteiger partial charge in [-0.1, -0.05) is 19.3 Å². The number of nitrogens with zero attached hydrogens (tertiary/aromatic N) is 3. The van der Waals surface area contributed by atoms with Gasteiger partial charge in [0.05, 0.1) is 18.3 Å². The lowest BCUT2D eigenvalue weighted by molar-refractivity contribution is -0.122. The van der Waals surface area contributed by atoms with Gasteiger partial charge in [-0.2, -0.15) is 0 Å². The lowest BCUT2D eigenvalue weighted by Crippen LogP contribution is -2.40. The van der Waals surface area contributed by atoms with Gasteiger partial charge in [0.25, 0.3) is 0 Å². The first-order chi connectivity index (χ1) is 12.2. The Hall–Kier alpha value is -1.53. The van der Waals surface area contributed by atoms with Gasteiger partial charge in [-0.15, -0.1) is 0 Å². The molecule has 25 heavy (non-hydrogen) atoms. The number of hydrogen-bond acceptors (Lipinski definition) is 5. The highest BCUT2D eigenvalue weighted by Gasteiger charge is 2.20. The first-order valence-electron chi connectivity index (χ1n) is 9.63. The van der Waals surface area contributed by atoms with Gasteiger partial charge in [-0.05, 0) is 38.2 Å². The molecule has 1 saturated carbocycles. The predicted molar refractivity (Wildman–Crippen MR) is 96.2 cm³/mol. The fourth-order valence-corrected chi connectivity index (χ4v) is 3.63. The highest BCUT2D eigenvalue weighted by Crippen LogP contribution is 2.20. The third-order valence-electron chi connectivity index (χ3n) is 5.06. The number of rotatable bonds is 7. The molecule has 1 amide bonds. The molecular formula is C19H30N4O2. The summed E-state index contributed by atoms with van der Waals surface area (Å²) < 4.78 is 5.89. The summed E-state index contributed by atoms with van der Waals surface area (Å²) in [4.78, 5) is 23.0. The minimum absolute atomic E-state index is 0.0897. The largest absolute Gasteiger partial charge is 0.378 e. The number of carbonyl (C=O) groups excluding carboxylic acids is 1. The van der Waals surface area contributed by atoms with Gasteiger partial charge in [0.2, 0.25) is 5.91 Å². The van der Waals surface area contributed by atoms with E-state index in [1.165, 1.54) is 37.7 Å². The van der Waals surface area contributed by atoms with E-state index in [1.54, 1.807) is 0 Å². The Morgan fingerprint density at radius 3 is 3.04 bits per heavy atom. The van der Waals surface area contributed by atoms with Gasteiger partial charge in [-0.25, -0.2) is 9.97 Å². The van der Waals surface area contributed by atoms with Gasteiger partial charge >= 0.3 is 0 Å². The fraction of sp³-hybridized carbons (Fsp3) is 0.737. The molecule has 6 heteroatoms. The summed E-state index contributed by atoms with van der Waals surface area (Å²) in [5.41, 5.74) is 2.27. The van der Waals surface area contributed by atoms with Crippen LogP contribution in [0.3, 0.4) is 0 Å². The molecule has 0 saturated heterocycles. The first kappa shape index (κ1) is 18.3. The van der Waals surface area contributed by atoms with Crippen molar-refractivity contribution in [1.82, 2.24) is 20.2 Å². The Labute approximate surface area is 150 Å². The Bertz CT molecular complexity index is 573. The van der Waals surface area contributed by atoms with Crippen LogP contribution in [0.1, 0.15) is 55.6 Å². The second-order valence-electron chi connectivity index (χ2n) is 7.18. The van der Waals surface area contributed by atoms with E-state index >= 15 is 0 Å². The summed E-state index contributed by atoms with van der Waals surface area (Å²) in [6.07, 6.45) is 10.5. The molecule has 6 nitrogen and oxygen atoms in total. The lowest BCUT2D eigenvalue weighted by Gasteiger charge is -2.27. The average Bonchev–Trinajstić information content (AvgIpc) is 2.62. The molecule has 0 atom stereocenters. The summed E-state index contributed by atoms with van der Waals surface area (Å²) in [6, 6.07) is 0. The summed E-state index contributed by atoms with van der Waals surface area (Å²) in [6.45, 7) is 5.40. The number of aromatic nitrogens is 2. The third kappa shape index (κ3) is 5.75. The average molecular weight is 346 g/mol. The highest BCUT2D eigenvalue weighted by molar-refractivity contribution is 5.78. The van der Waals surface area contributed by atoms with Crippen molar-refractivity contribution in [1.29, 1.82) is 0 Å². The molecule has 1 aromatic heterocycles. The number of fused-ring (bicyclic) bond motifs is 1. The van der Waals surface area contributed by atoms with Crippen LogP contribution >= 0.6 is 0 Å². The van der Waals surface area contributed by atoms with Crippen molar-refractivity contribution >= 4 is 5.91 Å². The maximum atomic E-state index is 12.1. The van der Waals surface area contributed by atoms with Crippen LogP contribution in [-0.4, -0.2) is 53.1 Å². The molecule has 1 aliphatic heterocycles. The number of aryl methyl sites for hydroxylation is 1. The van der Waals surface area contributed by atoms with Gasteiger partial charge in [0.15, 0.2) is 0 Å². The smallest absolute Gasteiger partial charge is 0.234 e. The van der Waals surface area contributed by atoms with Crippen molar-refractivity contribution < 1.29 is 9.53 Å². The molecule has 0 spiro atoms. The van der Waals surface area contributed by atoms with Gasteiger partial charge < -0.3 is 10.1 Å². The third-order valence-corrected chi connectivity index (χ3v) is 5.06. The number of amides is 1. The molecule has 1 N–H and O–H groups in total. The zero-order valence-corrected chi connectivity index (χ0v) is 15.3. The molecule has 138 valence electrons. The Kier molecular flexibility index (Phi) is 6.76. The molecule has 2 aliphatic rings. The summed E-state index contributed by atoms with van der Waals surface area (Å²) in [7, 11) is 0. The summed E-state index contributed by atoms with van der Waals surface area (Å²) in [5, 5.41) is 3.01. The van der Waals surface area contributed by atoms with Crippen molar-refractivity contribution in [2.24, 2.45) is 0 Å². The predicted octanol–water partition coefficient (Wildman–Crippen LogP) is 2.00. The Balaban J connectivity index is 1.30. The summed E-state index contributed by atoms with van der Waals surface area (Å²) >= 11 is 0. The second kappa shape index (κ2) is 9.25. The van der Waals surface area contributed by atoms with E-state index in [9.17, 15) is 4.79 Å². The van der Waals surface area contributed by atoms with E-state index in [2.05, 4.69) is 20.2 Å². The van der Waals surface area contributed by atoms with Crippen molar-refractivity contribution in [3.05, 3.63) is 23.3 Å². The molecule has 1 fully saturated rings. The van der Waals surface area contributed by atoms with Crippen LogP contribution in [-0.2, 0) is 22.5 Å². The van der Waals surface area contributed by atoms with Crippen LogP contribution in [0.5, 0.6) is 0 Å². The minimum Gasteiger partial charge on any atom is -0.378 e. The molecule has 0 radical (unpaired) electrons. The van der Waals surface area contributed by atoms with E-state index in [0.717, 1.165) is 44.1 Å². The SMILES string of the molecule is Cc1ncc2c(n1)CN(CC(=O)NCCCOC1CCCCC1)CC2. The van der Waals surface area contributed by atoms with Crippen molar-refractivity contribution in [2.45, 2.75) is 64.5 Å². The van der Waals surface area contributed by atoms with Gasteiger partial charge in [0.1, 0.15) is 5.82 Å². The number of hydrogen-bond donors (Lipinski definition) is 1.